The van der Waals surface area contributed by atoms with Crippen LogP contribution in [-0.4, -0.2) is 17.1 Å². The van der Waals surface area contributed by atoms with E-state index in [2.05, 4.69) is 9.97 Å². The van der Waals surface area contributed by atoms with Crippen molar-refractivity contribution in [2.75, 3.05) is 7.11 Å². The van der Waals surface area contributed by atoms with E-state index in [0.717, 1.165) is 11.3 Å². The van der Waals surface area contributed by atoms with Gasteiger partial charge in [-0.25, -0.2) is 9.37 Å². The molecule has 100 valence electrons. The quantitative estimate of drug-likeness (QED) is 0.860. The van der Waals surface area contributed by atoms with Crippen molar-refractivity contribution in [1.29, 1.82) is 0 Å². The number of hydrogen-bond acceptors (Lipinski definition) is 3. The van der Waals surface area contributed by atoms with Crippen molar-refractivity contribution in [1.82, 2.24) is 9.97 Å². The lowest BCUT2D eigenvalue weighted by Gasteiger charge is -2.15. The van der Waals surface area contributed by atoms with Crippen molar-refractivity contribution in [3.63, 3.8) is 0 Å². The summed E-state index contributed by atoms with van der Waals surface area (Å²) in [6, 6.07) is 4.41. The van der Waals surface area contributed by atoms with E-state index >= 15 is 0 Å². The van der Waals surface area contributed by atoms with E-state index in [9.17, 15) is 4.39 Å². The van der Waals surface area contributed by atoms with Crippen LogP contribution in [0.2, 0.25) is 0 Å². The molecule has 0 saturated heterocycles. The first-order valence-electron chi connectivity index (χ1n) is 5.96. The van der Waals surface area contributed by atoms with Gasteiger partial charge in [-0.3, -0.25) is 0 Å². The van der Waals surface area contributed by atoms with Gasteiger partial charge in [-0.1, -0.05) is 26.1 Å². The second-order valence-corrected chi connectivity index (χ2v) is 4.88. The third-order valence-electron chi connectivity index (χ3n) is 2.90. The molecule has 0 aliphatic carbocycles. The number of H-pyrrole nitrogens is 1. The predicted molar refractivity (Wildman–Crippen MR) is 75.5 cm³/mol. The molecule has 0 atom stereocenters. The standard InChI is InChI=1S/C14H15FN2OS/c1-8(2)12-13(16-7-17-14(12)19)10-6-9(15)4-5-11(10)18-3/h4-8H,1-3H3,(H,16,17,19). The number of nitrogens with zero attached hydrogens (tertiary/aromatic N) is 1. The molecule has 0 bridgehead atoms. The van der Waals surface area contributed by atoms with Gasteiger partial charge in [-0.15, -0.1) is 0 Å². The lowest BCUT2D eigenvalue weighted by atomic mass is 9.98. The third-order valence-corrected chi connectivity index (χ3v) is 3.22. The van der Waals surface area contributed by atoms with Crippen molar-refractivity contribution in [3.8, 4) is 17.0 Å². The van der Waals surface area contributed by atoms with Gasteiger partial charge in [0.05, 0.1) is 19.1 Å². The molecule has 0 fully saturated rings. The Morgan fingerprint density at radius 3 is 2.74 bits per heavy atom. The zero-order chi connectivity index (χ0) is 14.0. The maximum absolute atomic E-state index is 13.5. The molecule has 0 amide bonds. The molecular formula is C14H15FN2OS. The number of ether oxygens (including phenoxy) is 1. The van der Waals surface area contributed by atoms with Gasteiger partial charge < -0.3 is 9.72 Å². The van der Waals surface area contributed by atoms with Crippen molar-refractivity contribution >= 4 is 12.2 Å². The summed E-state index contributed by atoms with van der Waals surface area (Å²) in [5, 5.41) is 0. The molecular weight excluding hydrogens is 263 g/mol. The van der Waals surface area contributed by atoms with Gasteiger partial charge in [0.25, 0.3) is 0 Å². The Morgan fingerprint density at radius 1 is 1.37 bits per heavy atom. The third kappa shape index (κ3) is 2.66. The normalized spacial score (nSPS) is 10.8. The van der Waals surface area contributed by atoms with Crippen LogP contribution in [0.4, 0.5) is 4.39 Å². The Kier molecular flexibility index (Phi) is 3.95. The minimum absolute atomic E-state index is 0.181. The highest BCUT2D eigenvalue weighted by Gasteiger charge is 2.15. The smallest absolute Gasteiger partial charge is 0.133 e. The van der Waals surface area contributed by atoms with Crippen molar-refractivity contribution in [3.05, 3.63) is 40.5 Å². The van der Waals surface area contributed by atoms with Crippen molar-refractivity contribution in [2.45, 2.75) is 19.8 Å². The summed E-state index contributed by atoms with van der Waals surface area (Å²) in [5.41, 5.74) is 2.30. The van der Waals surface area contributed by atoms with Crippen LogP contribution in [0.25, 0.3) is 11.3 Å². The first kappa shape index (κ1) is 13.7. The summed E-state index contributed by atoms with van der Waals surface area (Å²) >= 11 is 5.26. The van der Waals surface area contributed by atoms with Crippen LogP contribution >= 0.6 is 12.2 Å². The second kappa shape index (κ2) is 5.48. The van der Waals surface area contributed by atoms with Crippen molar-refractivity contribution in [2.24, 2.45) is 0 Å². The van der Waals surface area contributed by atoms with Gasteiger partial charge in [0.1, 0.15) is 16.2 Å². The van der Waals surface area contributed by atoms with Crippen LogP contribution in [0.15, 0.2) is 24.5 Å². The minimum Gasteiger partial charge on any atom is -0.496 e. The van der Waals surface area contributed by atoms with E-state index in [0.29, 0.717) is 16.0 Å². The van der Waals surface area contributed by atoms with Crippen molar-refractivity contribution < 1.29 is 9.13 Å². The number of hydrogen-bond donors (Lipinski definition) is 1. The first-order valence-corrected chi connectivity index (χ1v) is 6.37. The number of benzene rings is 1. The molecule has 3 nitrogen and oxygen atoms in total. The average molecular weight is 278 g/mol. The van der Waals surface area contributed by atoms with Crippen LogP contribution in [-0.2, 0) is 0 Å². The Bertz CT molecular complexity index is 652. The Morgan fingerprint density at radius 2 is 2.11 bits per heavy atom. The summed E-state index contributed by atoms with van der Waals surface area (Å²) in [5.74, 6) is 0.460. The zero-order valence-electron chi connectivity index (χ0n) is 11.0. The van der Waals surface area contributed by atoms with E-state index in [4.69, 9.17) is 17.0 Å². The zero-order valence-corrected chi connectivity index (χ0v) is 11.8. The Labute approximate surface area is 116 Å². The van der Waals surface area contributed by atoms with Gasteiger partial charge >= 0.3 is 0 Å². The number of methoxy groups -OCH3 is 1. The Balaban J connectivity index is 2.75. The molecule has 0 spiro atoms. The molecule has 5 heteroatoms. The maximum Gasteiger partial charge on any atom is 0.133 e. The predicted octanol–water partition coefficient (Wildman–Crippen LogP) is 4.08. The molecule has 1 heterocycles. The molecule has 19 heavy (non-hydrogen) atoms. The molecule has 1 aromatic carbocycles. The van der Waals surface area contributed by atoms with Gasteiger partial charge in [-0.2, -0.15) is 0 Å². The van der Waals surface area contributed by atoms with Gasteiger partial charge in [0, 0.05) is 11.1 Å². The van der Waals surface area contributed by atoms with E-state index < -0.39 is 0 Å². The molecule has 0 aliphatic heterocycles. The number of nitrogens with one attached hydrogen (secondary N) is 1. The summed E-state index contributed by atoms with van der Waals surface area (Å²) in [7, 11) is 1.56. The molecule has 0 aliphatic rings. The Hall–Kier alpha value is -1.75. The van der Waals surface area contributed by atoms with Crippen LogP contribution in [0.3, 0.4) is 0 Å². The van der Waals surface area contributed by atoms with E-state index in [1.807, 2.05) is 13.8 Å². The topological polar surface area (TPSA) is 37.9 Å². The molecule has 2 rings (SSSR count). The molecule has 1 N–H and O–H groups in total. The average Bonchev–Trinajstić information content (AvgIpc) is 2.37. The maximum atomic E-state index is 13.5. The molecule has 1 aromatic heterocycles. The van der Waals surface area contributed by atoms with Gasteiger partial charge in [0.2, 0.25) is 0 Å². The molecule has 2 aromatic rings. The number of aromatic nitrogens is 2. The molecule has 0 saturated carbocycles. The second-order valence-electron chi connectivity index (χ2n) is 4.50. The highest BCUT2D eigenvalue weighted by atomic mass is 32.1. The lowest BCUT2D eigenvalue weighted by Crippen LogP contribution is -2.00. The van der Waals surface area contributed by atoms with E-state index in [1.54, 1.807) is 13.2 Å². The summed E-state index contributed by atoms with van der Waals surface area (Å²) in [6.07, 6.45) is 1.52. The van der Waals surface area contributed by atoms with Gasteiger partial charge in [0.15, 0.2) is 0 Å². The largest absolute Gasteiger partial charge is 0.496 e. The summed E-state index contributed by atoms with van der Waals surface area (Å²) in [6.45, 7) is 4.05. The van der Waals surface area contributed by atoms with Gasteiger partial charge in [-0.05, 0) is 24.1 Å². The fraction of sp³-hybridized carbons (Fsp3) is 0.286. The fourth-order valence-corrected chi connectivity index (χ4v) is 2.43. The van der Waals surface area contributed by atoms with Crippen LogP contribution in [0.5, 0.6) is 5.75 Å². The number of rotatable bonds is 3. The fourth-order valence-electron chi connectivity index (χ4n) is 2.04. The number of aromatic amines is 1. The summed E-state index contributed by atoms with van der Waals surface area (Å²) in [4.78, 5) is 7.14. The number of halogens is 1. The van der Waals surface area contributed by atoms with Crippen LogP contribution < -0.4 is 4.74 Å². The first-order chi connectivity index (χ1) is 9.04. The highest BCUT2D eigenvalue weighted by molar-refractivity contribution is 7.71. The SMILES string of the molecule is COc1ccc(F)cc1-c1[nH]cnc(=S)c1C(C)C. The lowest BCUT2D eigenvalue weighted by molar-refractivity contribution is 0.415. The summed E-state index contributed by atoms with van der Waals surface area (Å²) < 4.78 is 19.3. The molecule has 0 unspecified atom stereocenters. The van der Waals surface area contributed by atoms with E-state index in [1.165, 1.54) is 18.5 Å². The van der Waals surface area contributed by atoms with Crippen LogP contribution in [0.1, 0.15) is 25.3 Å². The highest BCUT2D eigenvalue weighted by Crippen LogP contribution is 2.34. The van der Waals surface area contributed by atoms with E-state index in [-0.39, 0.29) is 11.7 Å². The minimum atomic E-state index is -0.318. The van der Waals surface area contributed by atoms with Crippen LogP contribution in [0, 0.1) is 10.5 Å². The monoisotopic (exact) mass is 278 g/mol. The molecule has 0 radical (unpaired) electrons.